The number of unbranched alkanes of at least 4 members (excludes halogenated alkanes) is 1. The number of amides is 4. The van der Waals surface area contributed by atoms with E-state index in [2.05, 4.69) is 16.0 Å². The minimum Gasteiger partial charge on any atom is -0.480 e. The second-order valence-electron chi connectivity index (χ2n) is 9.27. The van der Waals surface area contributed by atoms with Crippen LogP contribution in [0.15, 0.2) is 30.3 Å². The van der Waals surface area contributed by atoms with Crippen LogP contribution in [0.3, 0.4) is 0 Å². The molecule has 0 saturated carbocycles. The molecule has 0 radical (unpaired) electrons. The van der Waals surface area contributed by atoms with E-state index in [1.165, 1.54) is 0 Å². The standard InChI is InChI=1S/C25H40N6O6/c1-15(2)21(28)24(35)31-19(14-16-8-4-3-5-9-16)23(34)29-17(10-6-7-13-26)22(33)30-18(25(36)37)11-12-20(27)32/h3-5,8-9,15,17-19,21H,6-7,10-14,26,28H2,1-2H3,(H2,27,32)(H,29,34)(H,30,33)(H,31,35)(H,36,37). The average molecular weight is 521 g/mol. The SMILES string of the molecule is CC(C)C(N)C(=O)NC(Cc1ccccc1)C(=O)NC(CCCCN)C(=O)NC(CCC(N)=O)C(=O)O. The van der Waals surface area contributed by atoms with Crippen molar-refractivity contribution in [2.45, 2.75) is 76.5 Å². The Bertz CT molecular complexity index is 910. The zero-order chi connectivity index (χ0) is 28.0. The van der Waals surface area contributed by atoms with Gasteiger partial charge in [-0.15, -0.1) is 0 Å². The third kappa shape index (κ3) is 11.8. The van der Waals surface area contributed by atoms with Gasteiger partial charge < -0.3 is 38.3 Å². The molecule has 206 valence electrons. The van der Waals surface area contributed by atoms with Crippen LogP contribution >= 0.6 is 0 Å². The molecule has 12 nitrogen and oxygen atoms in total. The Morgan fingerprint density at radius 2 is 1.41 bits per heavy atom. The van der Waals surface area contributed by atoms with E-state index in [-0.39, 0.29) is 31.6 Å². The van der Waals surface area contributed by atoms with Crippen LogP contribution in [0, 0.1) is 5.92 Å². The molecule has 0 aromatic heterocycles. The summed E-state index contributed by atoms with van der Waals surface area (Å²) in [4.78, 5) is 61.6. The molecule has 1 rings (SSSR count). The summed E-state index contributed by atoms with van der Waals surface area (Å²) in [6.07, 6.45) is 0.979. The maximum absolute atomic E-state index is 13.3. The van der Waals surface area contributed by atoms with E-state index in [1.807, 2.05) is 6.07 Å². The van der Waals surface area contributed by atoms with E-state index in [4.69, 9.17) is 17.2 Å². The minimum atomic E-state index is -1.36. The van der Waals surface area contributed by atoms with E-state index < -0.39 is 53.8 Å². The highest BCUT2D eigenvalue weighted by Gasteiger charge is 2.30. The fourth-order valence-corrected chi connectivity index (χ4v) is 3.48. The van der Waals surface area contributed by atoms with Crippen LogP contribution in [0.1, 0.15) is 51.5 Å². The molecule has 10 N–H and O–H groups in total. The number of carboxylic acid groups (broad SMARTS) is 1. The third-order valence-corrected chi connectivity index (χ3v) is 5.81. The van der Waals surface area contributed by atoms with Crippen LogP contribution < -0.4 is 33.2 Å². The molecule has 0 spiro atoms. The van der Waals surface area contributed by atoms with Crippen molar-refractivity contribution in [1.82, 2.24) is 16.0 Å². The molecule has 0 heterocycles. The smallest absolute Gasteiger partial charge is 0.326 e. The van der Waals surface area contributed by atoms with Crippen LogP contribution in [0.2, 0.25) is 0 Å². The summed E-state index contributed by atoms with van der Waals surface area (Å²) < 4.78 is 0. The lowest BCUT2D eigenvalue weighted by atomic mass is 10.0. The van der Waals surface area contributed by atoms with Crippen LogP contribution in [0.4, 0.5) is 0 Å². The van der Waals surface area contributed by atoms with Gasteiger partial charge in [0.1, 0.15) is 18.1 Å². The molecule has 0 bridgehead atoms. The number of primary amides is 1. The van der Waals surface area contributed by atoms with Gasteiger partial charge in [-0.25, -0.2) is 4.79 Å². The molecule has 0 aliphatic heterocycles. The van der Waals surface area contributed by atoms with Crippen molar-refractivity contribution in [2.75, 3.05) is 6.54 Å². The Morgan fingerprint density at radius 3 is 1.95 bits per heavy atom. The maximum atomic E-state index is 13.3. The molecule has 4 amide bonds. The number of rotatable bonds is 17. The number of aliphatic carboxylic acids is 1. The number of nitrogens with two attached hydrogens (primary N) is 3. The van der Waals surface area contributed by atoms with Gasteiger partial charge in [0.15, 0.2) is 0 Å². The molecule has 0 fully saturated rings. The highest BCUT2D eigenvalue weighted by atomic mass is 16.4. The Balaban J connectivity index is 3.10. The summed E-state index contributed by atoms with van der Waals surface area (Å²) in [7, 11) is 0. The fraction of sp³-hybridized carbons (Fsp3) is 0.560. The van der Waals surface area contributed by atoms with Crippen molar-refractivity contribution >= 4 is 29.6 Å². The Labute approximate surface area is 217 Å². The summed E-state index contributed by atoms with van der Waals surface area (Å²) in [5.74, 6) is -4.06. The molecule has 1 aromatic carbocycles. The summed E-state index contributed by atoms with van der Waals surface area (Å²) >= 11 is 0. The number of benzene rings is 1. The fourth-order valence-electron chi connectivity index (χ4n) is 3.48. The Kier molecular flexibility index (Phi) is 13.9. The van der Waals surface area contributed by atoms with Gasteiger partial charge in [0.05, 0.1) is 6.04 Å². The quantitative estimate of drug-likeness (QED) is 0.128. The van der Waals surface area contributed by atoms with Crippen molar-refractivity contribution in [3.8, 4) is 0 Å². The number of nitrogens with one attached hydrogen (secondary N) is 3. The third-order valence-electron chi connectivity index (χ3n) is 5.81. The number of carbonyl (C=O) groups excluding carboxylic acids is 4. The van der Waals surface area contributed by atoms with Crippen molar-refractivity contribution in [3.05, 3.63) is 35.9 Å². The predicted molar refractivity (Wildman–Crippen MR) is 138 cm³/mol. The van der Waals surface area contributed by atoms with E-state index >= 15 is 0 Å². The van der Waals surface area contributed by atoms with Crippen molar-refractivity contribution < 1.29 is 29.1 Å². The second kappa shape index (κ2) is 16.3. The summed E-state index contributed by atoms with van der Waals surface area (Å²) in [5, 5.41) is 17.1. The first-order chi connectivity index (χ1) is 17.5. The van der Waals surface area contributed by atoms with Crippen LogP contribution in [0.25, 0.3) is 0 Å². The molecule has 1 aromatic rings. The van der Waals surface area contributed by atoms with Crippen LogP contribution in [-0.2, 0) is 30.4 Å². The highest BCUT2D eigenvalue weighted by Crippen LogP contribution is 2.08. The molecular weight excluding hydrogens is 480 g/mol. The molecule has 4 unspecified atom stereocenters. The number of carboxylic acids is 1. The first kappa shape index (κ1) is 31.5. The van der Waals surface area contributed by atoms with E-state index in [0.717, 1.165) is 5.56 Å². The van der Waals surface area contributed by atoms with E-state index in [0.29, 0.717) is 19.4 Å². The maximum Gasteiger partial charge on any atom is 0.326 e. The number of hydrogen-bond acceptors (Lipinski definition) is 7. The van der Waals surface area contributed by atoms with Crippen molar-refractivity contribution in [2.24, 2.45) is 23.1 Å². The van der Waals surface area contributed by atoms with E-state index in [9.17, 15) is 29.1 Å². The second-order valence-corrected chi connectivity index (χ2v) is 9.27. The molecule has 4 atom stereocenters. The molecular formula is C25H40N6O6. The van der Waals surface area contributed by atoms with Gasteiger partial charge in [0.2, 0.25) is 23.6 Å². The first-order valence-corrected chi connectivity index (χ1v) is 12.4. The molecule has 0 aliphatic rings. The normalized spacial score (nSPS) is 14.2. The molecule has 12 heteroatoms. The van der Waals surface area contributed by atoms with Gasteiger partial charge in [0.25, 0.3) is 0 Å². The summed E-state index contributed by atoms with van der Waals surface area (Å²) in [6, 6.07) is 4.70. The largest absolute Gasteiger partial charge is 0.480 e. The summed E-state index contributed by atoms with van der Waals surface area (Å²) in [6.45, 7) is 3.94. The molecule has 0 aliphatic carbocycles. The summed E-state index contributed by atoms with van der Waals surface area (Å²) in [5.41, 5.74) is 17.4. The number of hydrogen-bond donors (Lipinski definition) is 7. The van der Waals surface area contributed by atoms with E-state index in [1.54, 1.807) is 38.1 Å². The van der Waals surface area contributed by atoms with Crippen molar-refractivity contribution in [3.63, 3.8) is 0 Å². The van der Waals surface area contributed by atoms with Gasteiger partial charge in [0, 0.05) is 12.8 Å². The van der Waals surface area contributed by atoms with Crippen LogP contribution in [-0.4, -0.2) is 65.4 Å². The Hall–Kier alpha value is -3.51. The van der Waals surface area contributed by atoms with Gasteiger partial charge >= 0.3 is 5.97 Å². The molecule has 0 saturated heterocycles. The van der Waals surface area contributed by atoms with Crippen LogP contribution in [0.5, 0.6) is 0 Å². The lowest BCUT2D eigenvalue weighted by molar-refractivity contribution is -0.142. The monoisotopic (exact) mass is 520 g/mol. The molecule has 37 heavy (non-hydrogen) atoms. The zero-order valence-electron chi connectivity index (χ0n) is 21.4. The highest BCUT2D eigenvalue weighted by molar-refractivity contribution is 5.94. The lowest BCUT2D eigenvalue weighted by Gasteiger charge is -2.26. The average Bonchev–Trinajstić information content (AvgIpc) is 2.85. The van der Waals surface area contributed by atoms with Gasteiger partial charge in [-0.3, -0.25) is 19.2 Å². The minimum absolute atomic E-state index is 0.150. The lowest BCUT2D eigenvalue weighted by Crippen LogP contribution is -2.58. The van der Waals surface area contributed by atoms with Gasteiger partial charge in [-0.05, 0) is 43.7 Å². The van der Waals surface area contributed by atoms with Crippen molar-refractivity contribution in [1.29, 1.82) is 0 Å². The van der Waals surface area contributed by atoms with Gasteiger partial charge in [-0.1, -0.05) is 44.2 Å². The zero-order valence-corrected chi connectivity index (χ0v) is 21.4. The predicted octanol–water partition coefficient (Wildman–Crippen LogP) is -0.854. The van der Waals surface area contributed by atoms with Gasteiger partial charge in [-0.2, -0.15) is 0 Å². The first-order valence-electron chi connectivity index (χ1n) is 12.4. The Morgan fingerprint density at radius 1 is 0.838 bits per heavy atom. The topological polar surface area (TPSA) is 220 Å². The number of carbonyl (C=O) groups is 5.